The summed E-state index contributed by atoms with van der Waals surface area (Å²) in [6, 6.07) is 0.877. The Bertz CT molecular complexity index is 157. The molecule has 13 heavy (non-hydrogen) atoms. The van der Waals surface area contributed by atoms with Gasteiger partial charge in [0.05, 0.1) is 12.2 Å². The number of hydrogen-bond acceptors (Lipinski definition) is 4. The van der Waals surface area contributed by atoms with E-state index in [9.17, 15) is 0 Å². The minimum atomic E-state index is -2.30. The van der Waals surface area contributed by atoms with Crippen LogP contribution in [0.15, 0.2) is 0 Å². The van der Waals surface area contributed by atoms with Crippen molar-refractivity contribution in [2.45, 2.75) is 38.5 Å². The smallest absolute Gasteiger partial charge is 0.377 e. The Kier molecular flexibility index (Phi) is 4.25. The molecule has 0 aromatic heterocycles. The van der Waals surface area contributed by atoms with E-state index in [0.717, 1.165) is 18.2 Å². The second-order valence-electron chi connectivity index (χ2n) is 3.36. The first-order chi connectivity index (χ1) is 6.13. The lowest BCUT2D eigenvalue weighted by molar-refractivity contribution is 0.157. The van der Waals surface area contributed by atoms with Gasteiger partial charge in [0.1, 0.15) is 0 Å². The van der Waals surface area contributed by atoms with E-state index in [1.54, 1.807) is 7.11 Å². The summed E-state index contributed by atoms with van der Waals surface area (Å²) >= 11 is 4.17. The van der Waals surface area contributed by atoms with Crippen LogP contribution in [0.2, 0.25) is 6.04 Å². The van der Waals surface area contributed by atoms with Gasteiger partial charge in [0.25, 0.3) is 0 Å². The van der Waals surface area contributed by atoms with Crippen LogP contribution in [-0.2, 0) is 13.3 Å². The molecule has 0 spiro atoms. The normalized spacial score (nSPS) is 39.7. The fourth-order valence-electron chi connectivity index (χ4n) is 1.40. The number of rotatable bonds is 4. The molecule has 0 aromatic rings. The lowest BCUT2D eigenvalue weighted by atomic mass is 10.3. The van der Waals surface area contributed by atoms with Gasteiger partial charge in [-0.1, -0.05) is 0 Å². The lowest BCUT2D eigenvalue weighted by Crippen LogP contribution is -2.40. The molecule has 0 N–H and O–H groups in total. The summed E-state index contributed by atoms with van der Waals surface area (Å²) < 4.78 is 16.9. The van der Waals surface area contributed by atoms with Crippen molar-refractivity contribution < 1.29 is 13.3 Å². The average Bonchev–Trinajstić information content (AvgIpc) is 2.40. The molecule has 2 unspecified atom stereocenters. The molecule has 1 fully saturated rings. The summed E-state index contributed by atoms with van der Waals surface area (Å²) in [6.45, 7) is 4.05. The largest absolute Gasteiger partial charge is 0.501 e. The van der Waals surface area contributed by atoms with Crippen LogP contribution in [0.1, 0.15) is 20.3 Å². The van der Waals surface area contributed by atoms with Gasteiger partial charge >= 0.3 is 8.80 Å². The Labute approximate surface area is 86.5 Å². The molecule has 1 rings (SSSR count). The minimum absolute atomic E-state index is 0.159. The van der Waals surface area contributed by atoms with Crippen LogP contribution in [0.3, 0.4) is 0 Å². The van der Waals surface area contributed by atoms with Gasteiger partial charge in [0.15, 0.2) is 0 Å². The SMILES string of the molecule is CO[Si]1(CCCS)OC(C)C(C)O1. The van der Waals surface area contributed by atoms with Crippen LogP contribution in [0, 0.1) is 0 Å². The molecule has 2 atom stereocenters. The molecule has 1 heterocycles. The van der Waals surface area contributed by atoms with E-state index in [1.807, 2.05) is 13.8 Å². The van der Waals surface area contributed by atoms with Gasteiger partial charge in [-0.05, 0) is 26.0 Å². The monoisotopic (exact) mass is 222 g/mol. The second kappa shape index (κ2) is 4.79. The predicted molar refractivity (Wildman–Crippen MR) is 57.1 cm³/mol. The van der Waals surface area contributed by atoms with E-state index >= 15 is 0 Å². The van der Waals surface area contributed by atoms with E-state index in [0.29, 0.717) is 0 Å². The molecule has 1 saturated heterocycles. The highest BCUT2D eigenvalue weighted by Crippen LogP contribution is 2.29. The van der Waals surface area contributed by atoms with E-state index in [4.69, 9.17) is 13.3 Å². The first-order valence-electron chi connectivity index (χ1n) is 4.65. The van der Waals surface area contributed by atoms with Crippen molar-refractivity contribution in [2.24, 2.45) is 0 Å². The molecule has 0 saturated carbocycles. The van der Waals surface area contributed by atoms with Crippen LogP contribution in [-0.4, -0.2) is 33.9 Å². The van der Waals surface area contributed by atoms with Gasteiger partial charge in [0, 0.05) is 13.2 Å². The number of thiol groups is 1. The molecule has 0 radical (unpaired) electrons. The van der Waals surface area contributed by atoms with Crippen LogP contribution >= 0.6 is 12.6 Å². The summed E-state index contributed by atoms with van der Waals surface area (Å²) in [4.78, 5) is 0. The maximum atomic E-state index is 5.77. The zero-order chi connectivity index (χ0) is 9.90. The summed E-state index contributed by atoms with van der Waals surface area (Å²) in [7, 11) is -0.626. The molecule has 78 valence electrons. The topological polar surface area (TPSA) is 27.7 Å². The van der Waals surface area contributed by atoms with Crippen LogP contribution in [0.5, 0.6) is 0 Å². The van der Waals surface area contributed by atoms with Gasteiger partial charge in [-0.25, -0.2) is 0 Å². The van der Waals surface area contributed by atoms with Gasteiger partial charge in [-0.2, -0.15) is 12.6 Å². The van der Waals surface area contributed by atoms with Crippen molar-refractivity contribution in [1.29, 1.82) is 0 Å². The quantitative estimate of drug-likeness (QED) is 0.580. The number of hydrogen-bond donors (Lipinski definition) is 1. The maximum Gasteiger partial charge on any atom is 0.501 e. The van der Waals surface area contributed by atoms with Crippen LogP contribution < -0.4 is 0 Å². The Morgan fingerprint density at radius 1 is 1.31 bits per heavy atom. The zero-order valence-corrected chi connectivity index (χ0v) is 10.3. The Hall–Kier alpha value is 0.447. The first-order valence-corrected chi connectivity index (χ1v) is 7.21. The predicted octanol–water partition coefficient (Wildman–Crippen LogP) is 1.72. The van der Waals surface area contributed by atoms with Gasteiger partial charge in [0.2, 0.25) is 0 Å². The van der Waals surface area contributed by atoms with Crippen molar-refractivity contribution in [3.8, 4) is 0 Å². The Morgan fingerprint density at radius 2 is 1.85 bits per heavy atom. The van der Waals surface area contributed by atoms with Crippen molar-refractivity contribution in [3.63, 3.8) is 0 Å². The fraction of sp³-hybridized carbons (Fsp3) is 1.00. The third kappa shape index (κ3) is 2.70. The minimum Gasteiger partial charge on any atom is -0.377 e. The zero-order valence-electron chi connectivity index (χ0n) is 8.45. The molecule has 0 bridgehead atoms. The third-order valence-corrected chi connectivity index (χ3v) is 5.71. The van der Waals surface area contributed by atoms with Crippen molar-refractivity contribution in [3.05, 3.63) is 0 Å². The molecule has 0 aliphatic carbocycles. The molecular weight excluding hydrogens is 204 g/mol. The van der Waals surface area contributed by atoms with E-state index in [2.05, 4.69) is 12.6 Å². The molecular formula is C8H18O3SSi. The van der Waals surface area contributed by atoms with E-state index < -0.39 is 8.80 Å². The highest BCUT2D eigenvalue weighted by atomic mass is 32.1. The average molecular weight is 222 g/mol. The molecule has 0 amide bonds. The summed E-state index contributed by atoms with van der Waals surface area (Å²) in [5.74, 6) is 0.855. The standard InChI is InChI=1S/C8H18O3SSi/c1-7-8(2)11-13(9-3,10-7)6-4-5-12/h7-8,12H,4-6H2,1-3H3. The third-order valence-electron chi connectivity index (χ3n) is 2.34. The van der Waals surface area contributed by atoms with E-state index in [-0.39, 0.29) is 12.2 Å². The fourth-order valence-corrected chi connectivity index (χ4v) is 4.67. The van der Waals surface area contributed by atoms with E-state index in [1.165, 1.54) is 0 Å². The van der Waals surface area contributed by atoms with Crippen molar-refractivity contribution >= 4 is 21.4 Å². The highest BCUT2D eigenvalue weighted by molar-refractivity contribution is 7.80. The molecule has 5 heteroatoms. The summed E-state index contributed by atoms with van der Waals surface area (Å²) in [5.41, 5.74) is 0. The molecule has 3 nitrogen and oxygen atoms in total. The van der Waals surface area contributed by atoms with Crippen LogP contribution in [0.25, 0.3) is 0 Å². The van der Waals surface area contributed by atoms with Gasteiger partial charge in [-0.15, -0.1) is 0 Å². The van der Waals surface area contributed by atoms with Gasteiger partial charge < -0.3 is 13.3 Å². The molecule has 0 aromatic carbocycles. The summed E-state index contributed by atoms with van der Waals surface area (Å²) in [5, 5.41) is 0. The van der Waals surface area contributed by atoms with Gasteiger partial charge in [-0.3, -0.25) is 0 Å². The van der Waals surface area contributed by atoms with Crippen LogP contribution in [0.4, 0.5) is 0 Å². The Balaban J connectivity index is 2.51. The maximum absolute atomic E-state index is 5.77. The van der Waals surface area contributed by atoms with Crippen molar-refractivity contribution in [1.82, 2.24) is 0 Å². The highest BCUT2D eigenvalue weighted by Gasteiger charge is 2.49. The lowest BCUT2D eigenvalue weighted by Gasteiger charge is -2.20. The van der Waals surface area contributed by atoms with Crippen molar-refractivity contribution in [2.75, 3.05) is 12.9 Å². The second-order valence-corrected chi connectivity index (χ2v) is 6.55. The Morgan fingerprint density at radius 3 is 2.23 bits per heavy atom. The summed E-state index contributed by atoms with van der Waals surface area (Å²) in [6.07, 6.45) is 1.31. The first kappa shape index (κ1) is 11.5. The molecule has 1 aliphatic heterocycles. The molecule has 1 aliphatic rings.